The van der Waals surface area contributed by atoms with Crippen molar-refractivity contribution in [2.45, 2.75) is 25.7 Å². The van der Waals surface area contributed by atoms with Crippen molar-refractivity contribution in [3.8, 4) is 11.5 Å². The van der Waals surface area contributed by atoms with Gasteiger partial charge in [0.15, 0.2) is 11.5 Å². The summed E-state index contributed by atoms with van der Waals surface area (Å²) in [4.78, 5) is 15.8. The fraction of sp³-hybridized carbons (Fsp3) is 0.318. The number of nitrogens with one attached hydrogen (secondary N) is 2. The molecule has 0 aliphatic carbocycles. The summed E-state index contributed by atoms with van der Waals surface area (Å²) in [6.07, 6.45) is 2.33. The van der Waals surface area contributed by atoms with Crippen LogP contribution in [-0.4, -0.2) is 31.7 Å². The number of benzene rings is 2. The number of aromatic nitrogens is 1. The second-order valence-corrected chi connectivity index (χ2v) is 7.27. The van der Waals surface area contributed by atoms with E-state index in [-0.39, 0.29) is 11.3 Å². The van der Waals surface area contributed by atoms with E-state index in [1.165, 1.54) is 10.9 Å². The summed E-state index contributed by atoms with van der Waals surface area (Å²) in [5.41, 5.74) is 3.00. The van der Waals surface area contributed by atoms with Gasteiger partial charge in [0, 0.05) is 29.1 Å². The molecule has 142 valence electrons. The maximum Gasteiger partial charge on any atom is 0.224 e. The fourth-order valence-electron chi connectivity index (χ4n) is 3.28. The molecule has 0 saturated carbocycles. The lowest BCUT2D eigenvalue weighted by molar-refractivity contribution is -0.120. The molecule has 3 rings (SSSR count). The Kier molecular flexibility index (Phi) is 5.40. The lowest BCUT2D eigenvalue weighted by atomic mass is 9.84. The molecule has 5 heteroatoms. The first-order valence-corrected chi connectivity index (χ1v) is 8.99. The Hall–Kier alpha value is -2.95. The highest BCUT2D eigenvalue weighted by atomic mass is 16.5. The SMILES string of the molecule is COc1ccc(CC(=O)NCC(C)(C)c2c[nH]c3ccccc23)cc1OC. The van der Waals surface area contributed by atoms with Crippen molar-refractivity contribution in [3.05, 3.63) is 59.8 Å². The van der Waals surface area contributed by atoms with Gasteiger partial charge in [0.05, 0.1) is 20.6 Å². The first kappa shape index (κ1) is 18.8. The minimum Gasteiger partial charge on any atom is -0.493 e. The maximum atomic E-state index is 12.5. The van der Waals surface area contributed by atoms with E-state index in [0.29, 0.717) is 24.5 Å². The third-order valence-electron chi connectivity index (χ3n) is 4.86. The number of hydrogen-bond acceptors (Lipinski definition) is 3. The topological polar surface area (TPSA) is 63.3 Å². The molecule has 27 heavy (non-hydrogen) atoms. The molecule has 0 atom stereocenters. The van der Waals surface area contributed by atoms with Crippen LogP contribution in [0.1, 0.15) is 25.0 Å². The molecule has 0 radical (unpaired) electrons. The van der Waals surface area contributed by atoms with Crippen LogP contribution in [0.25, 0.3) is 10.9 Å². The van der Waals surface area contributed by atoms with E-state index < -0.39 is 0 Å². The standard InChI is InChI=1S/C22H26N2O3/c1-22(2,17-13-23-18-8-6-5-7-16(17)18)14-24-21(25)12-15-9-10-19(26-3)20(11-15)27-4/h5-11,13,23H,12,14H2,1-4H3,(H,24,25). The van der Waals surface area contributed by atoms with Crippen LogP contribution in [-0.2, 0) is 16.6 Å². The minimum atomic E-state index is -0.188. The number of carbonyl (C=O) groups excluding carboxylic acids is 1. The number of aromatic amines is 1. The van der Waals surface area contributed by atoms with Gasteiger partial charge >= 0.3 is 0 Å². The summed E-state index contributed by atoms with van der Waals surface area (Å²) in [6, 6.07) is 13.7. The molecule has 1 aromatic heterocycles. The number of carbonyl (C=O) groups is 1. The molecule has 0 aliphatic heterocycles. The van der Waals surface area contributed by atoms with Crippen molar-refractivity contribution in [3.63, 3.8) is 0 Å². The molecule has 0 fully saturated rings. The smallest absolute Gasteiger partial charge is 0.224 e. The van der Waals surface area contributed by atoms with Crippen molar-refractivity contribution in [2.75, 3.05) is 20.8 Å². The van der Waals surface area contributed by atoms with Gasteiger partial charge in [-0.1, -0.05) is 38.1 Å². The third-order valence-corrected chi connectivity index (χ3v) is 4.86. The lowest BCUT2D eigenvalue weighted by Gasteiger charge is -2.25. The summed E-state index contributed by atoms with van der Waals surface area (Å²) in [5, 5.41) is 4.26. The van der Waals surface area contributed by atoms with Crippen molar-refractivity contribution < 1.29 is 14.3 Å². The van der Waals surface area contributed by atoms with Gasteiger partial charge in [-0.15, -0.1) is 0 Å². The summed E-state index contributed by atoms with van der Waals surface area (Å²) in [6.45, 7) is 4.83. The highest BCUT2D eigenvalue weighted by Crippen LogP contribution is 2.30. The number of ether oxygens (including phenoxy) is 2. The minimum absolute atomic E-state index is 0.0184. The Labute approximate surface area is 159 Å². The molecule has 0 unspecified atom stereocenters. The Balaban J connectivity index is 1.66. The fourth-order valence-corrected chi connectivity index (χ4v) is 3.28. The summed E-state index contributed by atoms with van der Waals surface area (Å²) < 4.78 is 10.5. The van der Waals surface area contributed by atoms with E-state index in [9.17, 15) is 4.79 Å². The van der Waals surface area contributed by atoms with Crippen LogP contribution in [0.4, 0.5) is 0 Å². The summed E-state index contributed by atoms with van der Waals surface area (Å²) in [5.74, 6) is 1.26. The van der Waals surface area contributed by atoms with E-state index in [4.69, 9.17) is 9.47 Å². The lowest BCUT2D eigenvalue weighted by Crippen LogP contribution is -2.37. The Morgan fingerprint density at radius 2 is 1.81 bits per heavy atom. The van der Waals surface area contributed by atoms with Crippen LogP contribution < -0.4 is 14.8 Å². The van der Waals surface area contributed by atoms with E-state index in [1.807, 2.05) is 36.5 Å². The monoisotopic (exact) mass is 366 g/mol. The molecule has 2 aromatic carbocycles. The van der Waals surface area contributed by atoms with Crippen LogP contribution in [0.2, 0.25) is 0 Å². The van der Waals surface area contributed by atoms with Crippen molar-refractivity contribution >= 4 is 16.8 Å². The van der Waals surface area contributed by atoms with E-state index in [2.05, 4.69) is 36.3 Å². The first-order chi connectivity index (χ1) is 12.9. The third kappa shape index (κ3) is 4.08. The molecular formula is C22H26N2O3. The molecule has 1 amide bonds. The number of hydrogen-bond donors (Lipinski definition) is 2. The van der Waals surface area contributed by atoms with Gasteiger partial charge in [0.2, 0.25) is 5.91 Å². The highest BCUT2D eigenvalue weighted by Gasteiger charge is 2.24. The van der Waals surface area contributed by atoms with Gasteiger partial charge in [-0.05, 0) is 29.3 Å². The zero-order valence-corrected chi connectivity index (χ0v) is 16.3. The van der Waals surface area contributed by atoms with E-state index in [0.717, 1.165) is 11.1 Å². The molecule has 1 heterocycles. The molecule has 0 aliphatic rings. The maximum absolute atomic E-state index is 12.5. The van der Waals surface area contributed by atoms with Crippen LogP contribution in [0.3, 0.4) is 0 Å². The molecule has 3 aromatic rings. The number of amides is 1. The van der Waals surface area contributed by atoms with Gasteiger partial charge in [0.25, 0.3) is 0 Å². The van der Waals surface area contributed by atoms with Gasteiger partial charge < -0.3 is 19.8 Å². The zero-order valence-electron chi connectivity index (χ0n) is 16.3. The molecular weight excluding hydrogens is 340 g/mol. The van der Waals surface area contributed by atoms with Crippen LogP contribution in [0, 0.1) is 0 Å². The van der Waals surface area contributed by atoms with Gasteiger partial charge in [-0.2, -0.15) is 0 Å². The largest absolute Gasteiger partial charge is 0.493 e. The molecule has 2 N–H and O–H groups in total. The second kappa shape index (κ2) is 7.74. The predicted octanol–water partition coefficient (Wildman–Crippen LogP) is 3.82. The Morgan fingerprint density at radius 3 is 2.56 bits per heavy atom. The van der Waals surface area contributed by atoms with Crippen LogP contribution in [0.15, 0.2) is 48.7 Å². The average molecular weight is 366 g/mol. The van der Waals surface area contributed by atoms with Crippen LogP contribution in [0.5, 0.6) is 11.5 Å². The average Bonchev–Trinajstić information content (AvgIpc) is 3.11. The van der Waals surface area contributed by atoms with E-state index in [1.54, 1.807) is 14.2 Å². The van der Waals surface area contributed by atoms with Crippen molar-refractivity contribution in [2.24, 2.45) is 0 Å². The second-order valence-electron chi connectivity index (χ2n) is 7.27. The van der Waals surface area contributed by atoms with Crippen LogP contribution >= 0.6 is 0 Å². The normalized spacial score (nSPS) is 11.4. The first-order valence-electron chi connectivity index (χ1n) is 8.99. The van der Waals surface area contributed by atoms with Gasteiger partial charge in [-0.3, -0.25) is 4.79 Å². The van der Waals surface area contributed by atoms with Crippen molar-refractivity contribution in [1.29, 1.82) is 0 Å². The molecule has 0 bridgehead atoms. The number of para-hydroxylation sites is 1. The predicted molar refractivity (Wildman–Crippen MR) is 108 cm³/mol. The quantitative estimate of drug-likeness (QED) is 0.668. The Morgan fingerprint density at radius 1 is 1.07 bits per heavy atom. The molecule has 5 nitrogen and oxygen atoms in total. The highest BCUT2D eigenvalue weighted by molar-refractivity contribution is 5.84. The Bertz CT molecular complexity index is 944. The zero-order chi connectivity index (χ0) is 19.4. The molecule has 0 saturated heterocycles. The summed E-state index contributed by atoms with van der Waals surface area (Å²) >= 11 is 0. The van der Waals surface area contributed by atoms with Gasteiger partial charge in [0.1, 0.15) is 0 Å². The number of methoxy groups -OCH3 is 2. The number of fused-ring (bicyclic) bond motifs is 1. The summed E-state index contributed by atoms with van der Waals surface area (Å²) in [7, 11) is 3.18. The number of rotatable bonds is 7. The van der Waals surface area contributed by atoms with E-state index >= 15 is 0 Å². The number of H-pyrrole nitrogens is 1. The van der Waals surface area contributed by atoms with Gasteiger partial charge in [-0.25, -0.2) is 0 Å². The van der Waals surface area contributed by atoms with Crippen molar-refractivity contribution in [1.82, 2.24) is 10.3 Å². The molecule has 0 spiro atoms.